The van der Waals surface area contributed by atoms with Crippen molar-refractivity contribution in [3.63, 3.8) is 0 Å². The van der Waals surface area contributed by atoms with Gasteiger partial charge in [0.15, 0.2) is 17.6 Å². The fourth-order valence-electron chi connectivity index (χ4n) is 2.32. The van der Waals surface area contributed by atoms with E-state index in [2.05, 4.69) is 21.2 Å². The Morgan fingerprint density at radius 3 is 2.81 bits per heavy atom. The van der Waals surface area contributed by atoms with Crippen molar-refractivity contribution in [2.45, 2.75) is 19.6 Å². The Balaban J connectivity index is 1.56. The molecule has 0 spiro atoms. The van der Waals surface area contributed by atoms with Gasteiger partial charge in [0.2, 0.25) is 6.79 Å². The molecule has 3 rings (SSSR count). The predicted molar refractivity (Wildman–Crippen MR) is 98.4 cm³/mol. The van der Waals surface area contributed by atoms with Crippen LogP contribution in [-0.4, -0.2) is 24.8 Å². The summed E-state index contributed by atoms with van der Waals surface area (Å²) >= 11 is 9.26. The number of esters is 1. The van der Waals surface area contributed by atoms with Crippen LogP contribution in [0, 0.1) is 0 Å². The smallest absolute Gasteiger partial charge is 0.340 e. The first kappa shape index (κ1) is 18.5. The predicted octanol–water partition coefficient (Wildman–Crippen LogP) is 3.69. The molecule has 6 nitrogen and oxygen atoms in total. The van der Waals surface area contributed by atoms with Gasteiger partial charge in [-0.25, -0.2) is 4.79 Å². The highest BCUT2D eigenvalue weighted by atomic mass is 79.9. The van der Waals surface area contributed by atoms with E-state index in [1.165, 1.54) is 6.92 Å². The molecular weight excluding hydrogens is 426 g/mol. The summed E-state index contributed by atoms with van der Waals surface area (Å²) in [6.45, 7) is 1.96. The van der Waals surface area contributed by atoms with Crippen LogP contribution in [0.15, 0.2) is 40.9 Å². The second-order valence-corrected chi connectivity index (χ2v) is 6.90. The summed E-state index contributed by atoms with van der Waals surface area (Å²) in [6, 6.07) is 10.2. The second-order valence-electron chi connectivity index (χ2n) is 5.58. The minimum atomic E-state index is -0.966. The van der Waals surface area contributed by atoms with Gasteiger partial charge < -0.3 is 19.5 Å². The van der Waals surface area contributed by atoms with Crippen LogP contribution in [0.2, 0.25) is 5.02 Å². The summed E-state index contributed by atoms with van der Waals surface area (Å²) in [4.78, 5) is 24.4. The molecule has 136 valence electrons. The average molecular weight is 441 g/mol. The molecule has 2 aromatic carbocycles. The molecule has 0 radical (unpaired) electrons. The molecule has 1 heterocycles. The van der Waals surface area contributed by atoms with Gasteiger partial charge >= 0.3 is 5.97 Å². The van der Waals surface area contributed by atoms with Gasteiger partial charge in [-0.05, 0) is 42.8 Å². The first-order chi connectivity index (χ1) is 12.4. The van der Waals surface area contributed by atoms with Crippen molar-refractivity contribution in [3.05, 3.63) is 57.0 Å². The minimum absolute atomic E-state index is 0.191. The van der Waals surface area contributed by atoms with Gasteiger partial charge in [-0.3, -0.25) is 4.79 Å². The highest BCUT2D eigenvalue weighted by molar-refractivity contribution is 9.10. The lowest BCUT2D eigenvalue weighted by Gasteiger charge is -2.14. The Morgan fingerprint density at radius 1 is 1.23 bits per heavy atom. The third-order valence-electron chi connectivity index (χ3n) is 3.71. The number of ether oxygens (including phenoxy) is 3. The minimum Gasteiger partial charge on any atom is -0.454 e. The topological polar surface area (TPSA) is 73.9 Å². The molecular formula is C18H15BrClNO5. The third kappa shape index (κ3) is 4.28. The number of carbonyl (C=O) groups is 2. The number of hydrogen-bond donors (Lipinski definition) is 1. The SMILES string of the molecule is CC(OC(=O)c1cc(Br)ccc1Cl)C(=O)NCc1ccc2c(c1)OCO2. The highest BCUT2D eigenvalue weighted by Gasteiger charge is 2.21. The fraction of sp³-hybridized carbons (Fsp3) is 0.222. The summed E-state index contributed by atoms with van der Waals surface area (Å²) < 4.78 is 16.4. The summed E-state index contributed by atoms with van der Waals surface area (Å²) in [7, 11) is 0. The van der Waals surface area contributed by atoms with Crippen LogP contribution in [-0.2, 0) is 16.1 Å². The van der Waals surface area contributed by atoms with E-state index >= 15 is 0 Å². The van der Waals surface area contributed by atoms with Crippen molar-refractivity contribution in [2.75, 3.05) is 6.79 Å². The molecule has 8 heteroatoms. The van der Waals surface area contributed by atoms with E-state index in [9.17, 15) is 9.59 Å². The molecule has 26 heavy (non-hydrogen) atoms. The van der Waals surface area contributed by atoms with E-state index in [1.54, 1.807) is 30.3 Å². The molecule has 1 unspecified atom stereocenters. The van der Waals surface area contributed by atoms with Gasteiger partial charge in [-0.1, -0.05) is 33.6 Å². The van der Waals surface area contributed by atoms with Gasteiger partial charge in [-0.2, -0.15) is 0 Å². The van der Waals surface area contributed by atoms with Crippen molar-refractivity contribution >= 4 is 39.4 Å². The maximum absolute atomic E-state index is 12.2. The number of fused-ring (bicyclic) bond motifs is 1. The lowest BCUT2D eigenvalue weighted by atomic mass is 10.2. The molecule has 1 N–H and O–H groups in total. The molecule has 0 fully saturated rings. The first-order valence-corrected chi connectivity index (χ1v) is 8.93. The normalized spacial score (nSPS) is 13.2. The summed E-state index contributed by atoms with van der Waals surface area (Å²) in [5.41, 5.74) is 1.03. The van der Waals surface area contributed by atoms with Crippen molar-refractivity contribution in [2.24, 2.45) is 0 Å². The van der Waals surface area contributed by atoms with Gasteiger partial charge in [0.25, 0.3) is 5.91 Å². The monoisotopic (exact) mass is 439 g/mol. The maximum Gasteiger partial charge on any atom is 0.340 e. The Kier molecular flexibility index (Phi) is 5.68. The van der Waals surface area contributed by atoms with Crippen LogP contribution in [0.4, 0.5) is 0 Å². The number of amides is 1. The first-order valence-electron chi connectivity index (χ1n) is 7.76. The lowest BCUT2D eigenvalue weighted by molar-refractivity contribution is -0.129. The van der Waals surface area contributed by atoms with Gasteiger partial charge in [-0.15, -0.1) is 0 Å². The number of rotatable bonds is 5. The average Bonchev–Trinajstić information content (AvgIpc) is 3.09. The van der Waals surface area contributed by atoms with E-state index in [0.717, 1.165) is 5.56 Å². The van der Waals surface area contributed by atoms with Crippen LogP contribution in [0.3, 0.4) is 0 Å². The maximum atomic E-state index is 12.2. The van der Waals surface area contributed by atoms with Crippen molar-refractivity contribution in [3.8, 4) is 11.5 Å². The summed E-state index contributed by atoms with van der Waals surface area (Å²) in [5.74, 6) is 0.234. The third-order valence-corrected chi connectivity index (χ3v) is 4.53. The molecule has 0 aromatic heterocycles. The fourth-order valence-corrected chi connectivity index (χ4v) is 2.87. The lowest BCUT2D eigenvalue weighted by Crippen LogP contribution is -2.35. The molecule has 1 aliphatic heterocycles. The molecule has 1 aliphatic rings. The van der Waals surface area contributed by atoms with E-state index in [0.29, 0.717) is 16.0 Å². The van der Waals surface area contributed by atoms with Crippen LogP contribution < -0.4 is 14.8 Å². The van der Waals surface area contributed by atoms with E-state index in [1.807, 2.05) is 6.07 Å². The zero-order chi connectivity index (χ0) is 18.7. The van der Waals surface area contributed by atoms with Gasteiger partial charge in [0.05, 0.1) is 10.6 Å². The Labute approximate surface area is 163 Å². The largest absolute Gasteiger partial charge is 0.454 e. The Bertz CT molecular complexity index is 857. The molecule has 2 aromatic rings. The van der Waals surface area contributed by atoms with Gasteiger partial charge in [0, 0.05) is 11.0 Å². The molecule has 1 atom stereocenters. The van der Waals surface area contributed by atoms with Gasteiger partial charge in [0.1, 0.15) is 0 Å². The number of benzene rings is 2. The van der Waals surface area contributed by atoms with E-state index in [4.69, 9.17) is 25.8 Å². The Hall–Kier alpha value is -2.25. The van der Waals surface area contributed by atoms with Crippen LogP contribution in [0.5, 0.6) is 11.5 Å². The van der Waals surface area contributed by atoms with Crippen LogP contribution >= 0.6 is 27.5 Å². The number of nitrogens with one attached hydrogen (secondary N) is 1. The van der Waals surface area contributed by atoms with Crippen LogP contribution in [0.25, 0.3) is 0 Å². The summed E-state index contributed by atoms with van der Waals surface area (Å²) in [6.07, 6.45) is -0.966. The molecule has 0 saturated heterocycles. The van der Waals surface area contributed by atoms with E-state index < -0.39 is 18.0 Å². The zero-order valence-corrected chi connectivity index (χ0v) is 16.1. The number of hydrogen-bond acceptors (Lipinski definition) is 5. The zero-order valence-electron chi connectivity index (χ0n) is 13.8. The quantitative estimate of drug-likeness (QED) is 0.718. The van der Waals surface area contributed by atoms with E-state index in [-0.39, 0.29) is 23.9 Å². The van der Waals surface area contributed by atoms with Crippen molar-refractivity contribution in [1.29, 1.82) is 0 Å². The molecule has 1 amide bonds. The van der Waals surface area contributed by atoms with Crippen molar-refractivity contribution in [1.82, 2.24) is 5.32 Å². The standard InChI is InChI=1S/C18H15BrClNO5/c1-10(26-18(23)13-7-12(19)3-4-14(13)20)17(22)21-8-11-2-5-15-16(6-11)25-9-24-15/h2-7,10H,8-9H2,1H3,(H,21,22). The highest BCUT2D eigenvalue weighted by Crippen LogP contribution is 2.32. The molecule has 0 bridgehead atoms. The molecule has 0 saturated carbocycles. The van der Waals surface area contributed by atoms with Crippen LogP contribution in [0.1, 0.15) is 22.8 Å². The second kappa shape index (κ2) is 7.97. The number of carbonyl (C=O) groups excluding carboxylic acids is 2. The van der Waals surface area contributed by atoms with Crippen molar-refractivity contribution < 1.29 is 23.8 Å². The Morgan fingerprint density at radius 2 is 2.00 bits per heavy atom. The number of halogens is 2. The summed E-state index contributed by atoms with van der Waals surface area (Å²) in [5, 5.41) is 2.97. The molecule has 0 aliphatic carbocycles.